The van der Waals surface area contributed by atoms with Crippen LogP contribution in [0.25, 0.3) is 11.3 Å². The number of alkyl halides is 3. The molecule has 4 rings (SSSR count). The van der Waals surface area contributed by atoms with Crippen molar-refractivity contribution < 1.29 is 22.3 Å². The molecule has 0 aliphatic carbocycles. The molecule has 0 spiro atoms. The smallest absolute Gasteiger partial charge is 0.460 e. The van der Waals surface area contributed by atoms with Crippen LogP contribution < -0.4 is 4.74 Å². The van der Waals surface area contributed by atoms with Gasteiger partial charge in [0.25, 0.3) is 0 Å². The number of furan rings is 1. The van der Waals surface area contributed by atoms with E-state index in [0.717, 1.165) is 31.7 Å². The van der Waals surface area contributed by atoms with Crippen LogP contribution in [0.15, 0.2) is 71.1 Å². The van der Waals surface area contributed by atoms with Gasteiger partial charge in [-0.1, -0.05) is 42.5 Å². The lowest BCUT2D eigenvalue weighted by atomic mass is 9.89. The molecule has 152 valence electrons. The van der Waals surface area contributed by atoms with Crippen molar-refractivity contribution in [2.75, 3.05) is 13.1 Å². The summed E-state index contributed by atoms with van der Waals surface area (Å²) in [6, 6.07) is 20.1. The Morgan fingerprint density at radius 3 is 2.31 bits per heavy atom. The van der Waals surface area contributed by atoms with Crippen molar-refractivity contribution >= 4 is 0 Å². The topological polar surface area (TPSA) is 25.6 Å². The molecule has 0 N–H and O–H groups in total. The number of para-hydroxylation sites is 1. The van der Waals surface area contributed by atoms with Crippen LogP contribution in [0.4, 0.5) is 13.2 Å². The lowest BCUT2D eigenvalue weighted by molar-refractivity contribution is -0.274. The van der Waals surface area contributed by atoms with Crippen LogP contribution in [0.1, 0.15) is 30.1 Å². The Balaban J connectivity index is 1.40. The highest BCUT2D eigenvalue weighted by atomic mass is 19.4. The average molecular weight is 401 g/mol. The van der Waals surface area contributed by atoms with Crippen molar-refractivity contribution in [2.45, 2.75) is 31.7 Å². The maximum atomic E-state index is 12.6. The zero-order valence-corrected chi connectivity index (χ0v) is 15.9. The van der Waals surface area contributed by atoms with E-state index in [1.807, 2.05) is 12.1 Å². The summed E-state index contributed by atoms with van der Waals surface area (Å²) in [7, 11) is 0. The maximum absolute atomic E-state index is 12.6. The number of hydrogen-bond donors (Lipinski definition) is 0. The Morgan fingerprint density at radius 2 is 1.59 bits per heavy atom. The maximum Gasteiger partial charge on any atom is 0.573 e. The van der Waals surface area contributed by atoms with Gasteiger partial charge in [0, 0.05) is 0 Å². The van der Waals surface area contributed by atoms with Gasteiger partial charge in [0.05, 0.1) is 12.1 Å². The van der Waals surface area contributed by atoms with Crippen molar-refractivity contribution in [3.8, 4) is 17.1 Å². The second-order valence-electron chi connectivity index (χ2n) is 7.27. The normalized spacial score (nSPS) is 16.1. The predicted molar refractivity (Wildman–Crippen MR) is 105 cm³/mol. The molecule has 0 bridgehead atoms. The van der Waals surface area contributed by atoms with Crippen molar-refractivity contribution in [3.63, 3.8) is 0 Å². The van der Waals surface area contributed by atoms with E-state index < -0.39 is 6.36 Å². The van der Waals surface area contributed by atoms with E-state index in [1.54, 1.807) is 18.2 Å². The van der Waals surface area contributed by atoms with Crippen LogP contribution in [0, 0.1) is 0 Å². The second kappa shape index (κ2) is 8.33. The number of likely N-dealkylation sites (tertiary alicyclic amines) is 1. The number of rotatable bonds is 5. The Labute approximate surface area is 167 Å². The molecule has 1 saturated heterocycles. The molecule has 0 radical (unpaired) electrons. The summed E-state index contributed by atoms with van der Waals surface area (Å²) < 4.78 is 47.9. The first-order chi connectivity index (χ1) is 14.0. The SMILES string of the molecule is FC(F)(F)Oc1ccccc1-c1ccc(CN2CCC(c3ccccc3)CC2)o1. The minimum atomic E-state index is -4.74. The van der Waals surface area contributed by atoms with Crippen molar-refractivity contribution in [2.24, 2.45) is 0 Å². The number of halogens is 3. The Bertz CT molecular complexity index is 929. The molecule has 0 atom stereocenters. The van der Waals surface area contributed by atoms with Crippen LogP contribution in [0.3, 0.4) is 0 Å². The van der Waals surface area contributed by atoms with Crippen molar-refractivity contribution in [1.82, 2.24) is 4.90 Å². The van der Waals surface area contributed by atoms with Gasteiger partial charge in [0.2, 0.25) is 0 Å². The molecule has 1 aromatic heterocycles. The first-order valence-corrected chi connectivity index (χ1v) is 9.69. The molecule has 0 saturated carbocycles. The summed E-state index contributed by atoms with van der Waals surface area (Å²) in [5, 5.41) is 0. The lowest BCUT2D eigenvalue weighted by Crippen LogP contribution is -2.32. The van der Waals surface area contributed by atoms with Crippen molar-refractivity contribution in [1.29, 1.82) is 0 Å². The summed E-state index contributed by atoms with van der Waals surface area (Å²) in [6.07, 6.45) is -2.58. The van der Waals surface area contributed by atoms with E-state index in [1.165, 1.54) is 17.7 Å². The van der Waals surface area contributed by atoms with Crippen molar-refractivity contribution in [3.05, 3.63) is 78.1 Å². The highest BCUT2D eigenvalue weighted by Gasteiger charge is 2.32. The largest absolute Gasteiger partial charge is 0.573 e. The first-order valence-electron chi connectivity index (χ1n) is 9.69. The monoisotopic (exact) mass is 401 g/mol. The summed E-state index contributed by atoms with van der Waals surface area (Å²) >= 11 is 0. The highest BCUT2D eigenvalue weighted by molar-refractivity contribution is 5.65. The summed E-state index contributed by atoms with van der Waals surface area (Å²) in [4.78, 5) is 2.32. The van der Waals surface area contributed by atoms with E-state index >= 15 is 0 Å². The number of nitrogens with zero attached hydrogens (tertiary/aromatic N) is 1. The van der Waals surface area contributed by atoms with Gasteiger partial charge in [0.1, 0.15) is 17.3 Å². The Hall–Kier alpha value is -2.73. The molecule has 0 unspecified atom stereocenters. The highest BCUT2D eigenvalue weighted by Crippen LogP contribution is 2.35. The fraction of sp³-hybridized carbons (Fsp3) is 0.304. The van der Waals surface area contributed by atoms with Gasteiger partial charge in [0.15, 0.2) is 0 Å². The van der Waals surface area contributed by atoms with E-state index in [0.29, 0.717) is 23.8 Å². The average Bonchev–Trinajstić information content (AvgIpc) is 3.17. The fourth-order valence-electron chi connectivity index (χ4n) is 3.86. The fourth-order valence-corrected chi connectivity index (χ4v) is 3.86. The Kier molecular flexibility index (Phi) is 5.62. The Morgan fingerprint density at radius 1 is 0.897 bits per heavy atom. The molecule has 3 aromatic rings. The van der Waals surface area contributed by atoms with Gasteiger partial charge in [-0.25, -0.2) is 0 Å². The van der Waals surface area contributed by atoms with Gasteiger partial charge in [-0.05, 0) is 61.7 Å². The van der Waals surface area contributed by atoms with Crippen LogP contribution >= 0.6 is 0 Å². The second-order valence-corrected chi connectivity index (χ2v) is 7.27. The minimum absolute atomic E-state index is 0.260. The molecule has 2 aromatic carbocycles. The van der Waals surface area contributed by atoms with E-state index in [9.17, 15) is 13.2 Å². The molecule has 29 heavy (non-hydrogen) atoms. The molecule has 3 nitrogen and oxygen atoms in total. The molecular formula is C23H22F3NO2. The third kappa shape index (κ3) is 5.01. The molecule has 6 heteroatoms. The molecule has 0 amide bonds. The van der Waals surface area contributed by atoms with E-state index in [4.69, 9.17) is 4.42 Å². The zero-order valence-electron chi connectivity index (χ0n) is 15.9. The van der Waals surface area contributed by atoms with E-state index in [-0.39, 0.29) is 5.75 Å². The minimum Gasteiger partial charge on any atom is -0.460 e. The third-order valence-corrected chi connectivity index (χ3v) is 5.28. The van der Waals surface area contributed by atoms with Gasteiger partial charge in [-0.3, -0.25) is 4.90 Å². The summed E-state index contributed by atoms with van der Waals surface area (Å²) in [5.74, 6) is 1.43. The quantitative estimate of drug-likeness (QED) is 0.507. The zero-order chi connectivity index (χ0) is 20.3. The standard InChI is InChI=1S/C23H22F3NO2/c24-23(25,26)29-22-9-5-4-8-20(22)21-11-10-19(28-21)16-27-14-12-18(13-15-27)17-6-2-1-3-7-17/h1-11,18H,12-16H2. The molecular weight excluding hydrogens is 379 g/mol. The first kappa shape index (κ1) is 19.6. The van der Waals surface area contributed by atoms with Crippen LogP contribution in [0.2, 0.25) is 0 Å². The van der Waals surface area contributed by atoms with Gasteiger partial charge < -0.3 is 9.15 Å². The molecule has 1 aliphatic rings. The van der Waals surface area contributed by atoms with Crippen LogP contribution in [-0.2, 0) is 6.54 Å². The third-order valence-electron chi connectivity index (χ3n) is 5.28. The molecule has 1 aliphatic heterocycles. The van der Waals surface area contributed by atoms with E-state index in [2.05, 4.69) is 33.9 Å². The molecule has 2 heterocycles. The lowest BCUT2D eigenvalue weighted by Gasteiger charge is -2.31. The van der Waals surface area contributed by atoms with Crippen LogP contribution in [-0.4, -0.2) is 24.4 Å². The van der Waals surface area contributed by atoms with Gasteiger partial charge in [-0.2, -0.15) is 0 Å². The summed E-state index contributed by atoms with van der Waals surface area (Å²) in [5.41, 5.74) is 1.67. The number of hydrogen-bond acceptors (Lipinski definition) is 3. The number of benzene rings is 2. The predicted octanol–water partition coefficient (Wildman–Crippen LogP) is 6.22. The summed E-state index contributed by atoms with van der Waals surface area (Å²) in [6.45, 7) is 2.57. The van der Waals surface area contributed by atoms with Crippen LogP contribution in [0.5, 0.6) is 5.75 Å². The number of piperidine rings is 1. The van der Waals surface area contributed by atoms with Gasteiger partial charge >= 0.3 is 6.36 Å². The van der Waals surface area contributed by atoms with Gasteiger partial charge in [-0.15, -0.1) is 13.2 Å². The number of ether oxygens (including phenoxy) is 1. The molecule has 1 fully saturated rings.